The first kappa shape index (κ1) is 21.9. The lowest BCUT2D eigenvalue weighted by Gasteiger charge is -2.15. The van der Waals surface area contributed by atoms with E-state index in [4.69, 9.17) is 14.4 Å². The first-order valence-electron chi connectivity index (χ1n) is 9.35. The number of amides is 1. The first-order chi connectivity index (χ1) is 14.0. The Labute approximate surface area is 168 Å². The van der Waals surface area contributed by atoms with Crippen molar-refractivity contribution >= 4 is 17.7 Å². The van der Waals surface area contributed by atoms with E-state index in [0.29, 0.717) is 35.8 Å². The summed E-state index contributed by atoms with van der Waals surface area (Å²) < 4.78 is 10.6. The van der Waals surface area contributed by atoms with Crippen LogP contribution in [0.2, 0.25) is 0 Å². The van der Waals surface area contributed by atoms with Gasteiger partial charge in [0.15, 0.2) is 0 Å². The van der Waals surface area contributed by atoms with Gasteiger partial charge in [0.05, 0.1) is 29.7 Å². The van der Waals surface area contributed by atoms with Crippen molar-refractivity contribution < 1.29 is 24.0 Å². The fraction of sp³-hybridized carbons (Fsp3) is 0.400. The van der Waals surface area contributed by atoms with Crippen molar-refractivity contribution in [2.45, 2.75) is 39.5 Å². The van der Waals surface area contributed by atoms with Crippen molar-refractivity contribution in [2.24, 2.45) is 0 Å². The zero-order valence-corrected chi connectivity index (χ0v) is 16.4. The highest BCUT2D eigenvalue weighted by atomic mass is 16.5. The largest absolute Gasteiger partial charge is 0.464 e. The number of aryl methyl sites for hydroxylation is 1. The maximum absolute atomic E-state index is 12.5. The Morgan fingerprint density at radius 2 is 2.14 bits per heavy atom. The van der Waals surface area contributed by atoms with Crippen LogP contribution in [0.1, 0.15) is 54.2 Å². The molecule has 2 heterocycles. The van der Waals surface area contributed by atoms with E-state index in [2.05, 4.69) is 16.4 Å². The fourth-order valence-corrected chi connectivity index (χ4v) is 2.91. The lowest BCUT2D eigenvalue weighted by atomic mass is 9.98. The van der Waals surface area contributed by atoms with E-state index in [-0.39, 0.29) is 24.2 Å². The Balaban J connectivity index is 2.25. The SMILES string of the molecule is CCOC(=O)c1c(C)nc(NCCCCCC(=O)NO)c(C#N)c1-c1ccco1. The molecule has 0 aliphatic rings. The van der Waals surface area contributed by atoms with E-state index in [1.807, 2.05) is 0 Å². The summed E-state index contributed by atoms with van der Waals surface area (Å²) in [7, 11) is 0. The standard InChI is InChI=1S/C20H24N4O5/c1-3-28-20(26)17-13(2)23-19(22-10-6-4-5-9-16(25)24-27)14(12-21)18(17)15-8-7-11-29-15/h7-8,11,27H,3-6,9-10H2,1-2H3,(H,22,23)(H,24,25). The Morgan fingerprint density at radius 1 is 1.34 bits per heavy atom. The summed E-state index contributed by atoms with van der Waals surface area (Å²) in [5.41, 5.74) is 2.79. The predicted octanol–water partition coefficient (Wildman–Crippen LogP) is 3.18. The van der Waals surface area contributed by atoms with Gasteiger partial charge in [0.1, 0.15) is 23.2 Å². The molecule has 0 radical (unpaired) electrons. The highest BCUT2D eigenvalue weighted by molar-refractivity contribution is 6.00. The predicted molar refractivity (Wildman–Crippen MR) is 104 cm³/mol. The molecule has 0 bridgehead atoms. The molecule has 0 unspecified atom stereocenters. The van der Waals surface area contributed by atoms with Crippen molar-refractivity contribution in [1.29, 1.82) is 5.26 Å². The quantitative estimate of drug-likeness (QED) is 0.239. The number of nitrogens with zero attached hydrogens (tertiary/aromatic N) is 2. The van der Waals surface area contributed by atoms with Crippen LogP contribution in [0.15, 0.2) is 22.8 Å². The monoisotopic (exact) mass is 400 g/mol. The topological polar surface area (TPSA) is 137 Å². The van der Waals surface area contributed by atoms with Gasteiger partial charge in [-0.2, -0.15) is 5.26 Å². The number of furan rings is 1. The molecule has 154 valence electrons. The lowest BCUT2D eigenvalue weighted by molar-refractivity contribution is -0.129. The van der Waals surface area contributed by atoms with Crippen molar-refractivity contribution in [3.8, 4) is 17.4 Å². The van der Waals surface area contributed by atoms with Crippen LogP contribution in [0.4, 0.5) is 5.82 Å². The summed E-state index contributed by atoms with van der Waals surface area (Å²) in [6.07, 6.45) is 3.84. The number of unbranched alkanes of at least 4 members (excludes halogenated alkanes) is 2. The molecule has 9 heteroatoms. The highest BCUT2D eigenvalue weighted by Gasteiger charge is 2.26. The minimum Gasteiger partial charge on any atom is -0.464 e. The molecule has 0 aliphatic carbocycles. The van der Waals surface area contributed by atoms with Crippen molar-refractivity contribution in [1.82, 2.24) is 10.5 Å². The van der Waals surface area contributed by atoms with E-state index in [0.717, 1.165) is 12.8 Å². The Bertz CT molecular complexity index is 887. The summed E-state index contributed by atoms with van der Waals surface area (Å²) in [6.45, 7) is 4.11. The number of carbonyl (C=O) groups is 2. The number of aromatic nitrogens is 1. The molecule has 0 aliphatic heterocycles. The normalized spacial score (nSPS) is 10.3. The van der Waals surface area contributed by atoms with E-state index in [1.54, 1.807) is 31.5 Å². The Hall–Kier alpha value is -3.38. The number of nitriles is 1. The number of ether oxygens (including phenoxy) is 1. The van der Waals surface area contributed by atoms with Gasteiger partial charge >= 0.3 is 5.97 Å². The van der Waals surface area contributed by atoms with Gasteiger partial charge in [-0.05, 0) is 38.8 Å². The summed E-state index contributed by atoms with van der Waals surface area (Å²) in [6, 6.07) is 5.47. The molecule has 0 saturated carbocycles. The average Bonchev–Trinajstić information content (AvgIpc) is 3.24. The number of nitrogens with one attached hydrogen (secondary N) is 2. The van der Waals surface area contributed by atoms with Gasteiger partial charge in [0.2, 0.25) is 5.91 Å². The number of esters is 1. The number of anilines is 1. The van der Waals surface area contributed by atoms with Crippen LogP contribution in [0.5, 0.6) is 0 Å². The number of pyridine rings is 1. The molecule has 0 atom stereocenters. The number of hydroxylamine groups is 1. The van der Waals surface area contributed by atoms with Gasteiger partial charge in [-0.3, -0.25) is 10.0 Å². The van der Waals surface area contributed by atoms with E-state index >= 15 is 0 Å². The van der Waals surface area contributed by atoms with E-state index in [1.165, 1.54) is 6.26 Å². The molecule has 1 amide bonds. The van der Waals surface area contributed by atoms with Crippen LogP contribution in [-0.4, -0.2) is 35.2 Å². The zero-order chi connectivity index (χ0) is 21.2. The van der Waals surface area contributed by atoms with Crippen LogP contribution in [0.3, 0.4) is 0 Å². The molecule has 0 spiro atoms. The van der Waals surface area contributed by atoms with Crippen LogP contribution in [0.25, 0.3) is 11.3 Å². The fourth-order valence-electron chi connectivity index (χ4n) is 2.91. The van der Waals surface area contributed by atoms with Gasteiger partial charge in [-0.25, -0.2) is 15.3 Å². The maximum Gasteiger partial charge on any atom is 0.340 e. The molecule has 9 nitrogen and oxygen atoms in total. The molecular weight excluding hydrogens is 376 g/mol. The summed E-state index contributed by atoms with van der Waals surface area (Å²) in [4.78, 5) is 27.9. The van der Waals surface area contributed by atoms with Gasteiger partial charge in [0, 0.05) is 13.0 Å². The molecule has 29 heavy (non-hydrogen) atoms. The van der Waals surface area contributed by atoms with Crippen molar-refractivity contribution in [3.05, 3.63) is 35.2 Å². The molecule has 0 fully saturated rings. The Kier molecular flexibility index (Phi) is 8.18. The molecular formula is C20H24N4O5. The molecule has 0 saturated heterocycles. The summed E-state index contributed by atoms with van der Waals surface area (Å²) in [5, 5.41) is 21.4. The van der Waals surface area contributed by atoms with Gasteiger partial charge in [0.25, 0.3) is 0 Å². The second-order valence-corrected chi connectivity index (χ2v) is 6.25. The minimum absolute atomic E-state index is 0.200. The minimum atomic E-state index is -0.561. The molecule has 2 aromatic heterocycles. The first-order valence-corrected chi connectivity index (χ1v) is 9.35. The van der Waals surface area contributed by atoms with Gasteiger partial charge < -0.3 is 14.5 Å². The summed E-state index contributed by atoms with van der Waals surface area (Å²) >= 11 is 0. The Morgan fingerprint density at radius 3 is 2.76 bits per heavy atom. The second kappa shape index (κ2) is 10.8. The number of hydrogen-bond donors (Lipinski definition) is 3. The van der Waals surface area contributed by atoms with Crippen LogP contribution in [0, 0.1) is 18.3 Å². The lowest BCUT2D eigenvalue weighted by Crippen LogP contribution is -2.18. The zero-order valence-electron chi connectivity index (χ0n) is 16.4. The van der Waals surface area contributed by atoms with Crippen molar-refractivity contribution in [3.63, 3.8) is 0 Å². The van der Waals surface area contributed by atoms with E-state index in [9.17, 15) is 14.9 Å². The second-order valence-electron chi connectivity index (χ2n) is 6.25. The van der Waals surface area contributed by atoms with E-state index < -0.39 is 11.9 Å². The maximum atomic E-state index is 12.5. The molecule has 2 aromatic rings. The smallest absolute Gasteiger partial charge is 0.340 e. The molecule has 0 aromatic carbocycles. The number of hydrogen-bond acceptors (Lipinski definition) is 8. The van der Waals surface area contributed by atoms with Gasteiger partial charge in [-0.15, -0.1) is 0 Å². The van der Waals surface area contributed by atoms with Crippen LogP contribution >= 0.6 is 0 Å². The van der Waals surface area contributed by atoms with Gasteiger partial charge in [-0.1, -0.05) is 6.42 Å². The third-order valence-corrected chi connectivity index (χ3v) is 4.23. The molecule has 2 rings (SSSR count). The van der Waals surface area contributed by atoms with Crippen LogP contribution in [-0.2, 0) is 9.53 Å². The van der Waals surface area contributed by atoms with Crippen molar-refractivity contribution in [2.75, 3.05) is 18.5 Å². The molecule has 3 N–H and O–H groups in total. The number of carbonyl (C=O) groups excluding carboxylic acids is 2. The number of rotatable bonds is 10. The third-order valence-electron chi connectivity index (χ3n) is 4.23. The summed E-state index contributed by atoms with van der Waals surface area (Å²) in [5.74, 6) is -0.237. The highest BCUT2D eigenvalue weighted by Crippen LogP contribution is 2.34. The van der Waals surface area contributed by atoms with Crippen LogP contribution < -0.4 is 10.8 Å². The third kappa shape index (κ3) is 5.56. The average molecular weight is 400 g/mol.